The number of rotatable bonds is 7. The molecule has 4 aromatic rings. The van der Waals surface area contributed by atoms with Crippen LogP contribution in [0.25, 0.3) is 16.9 Å². The smallest absolute Gasteiger partial charge is 0.277 e. The first-order valence-corrected chi connectivity index (χ1v) is 13.7. The number of nitrogens with zero attached hydrogens (tertiary/aromatic N) is 7. The molecular weight excluding hydrogens is 511 g/mol. The number of pyridine rings is 1. The normalized spacial score (nSPS) is 19.8. The topological polar surface area (TPSA) is 104 Å². The summed E-state index contributed by atoms with van der Waals surface area (Å²) >= 11 is 0. The predicted molar refractivity (Wildman–Crippen MR) is 153 cm³/mol. The fraction of sp³-hybridized carbons (Fsp3) is 0.448. The molecule has 2 bridgehead atoms. The molecule has 2 saturated heterocycles. The Balaban J connectivity index is 1.23. The third kappa shape index (κ3) is 5.06. The summed E-state index contributed by atoms with van der Waals surface area (Å²) in [6.45, 7) is 7.52. The Kier molecular flexibility index (Phi) is 6.79. The Labute approximate surface area is 232 Å². The highest BCUT2D eigenvalue weighted by atomic mass is 19.1. The van der Waals surface area contributed by atoms with Crippen molar-refractivity contribution in [1.29, 1.82) is 0 Å². The molecule has 5 heterocycles. The lowest BCUT2D eigenvalue weighted by Crippen LogP contribution is -2.53. The van der Waals surface area contributed by atoms with Crippen LogP contribution in [-0.4, -0.2) is 73.7 Å². The first kappa shape index (κ1) is 26.4. The Bertz CT molecular complexity index is 1560. The van der Waals surface area contributed by atoms with Gasteiger partial charge in [-0.05, 0) is 68.5 Å². The Morgan fingerprint density at radius 1 is 1.05 bits per heavy atom. The van der Waals surface area contributed by atoms with Gasteiger partial charge in [-0.15, -0.1) is 0 Å². The number of aromatic nitrogens is 5. The molecule has 3 aromatic heterocycles. The van der Waals surface area contributed by atoms with Gasteiger partial charge in [0.05, 0.1) is 5.69 Å². The van der Waals surface area contributed by atoms with Gasteiger partial charge in [0.15, 0.2) is 11.5 Å². The predicted octanol–water partition coefficient (Wildman–Crippen LogP) is 3.21. The zero-order valence-corrected chi connectivity index (χ0v) is 23.1. The molecule has 11 heteroatoms. The van der Waals surface area contributed by atoms with Crippen molar-refractivity contribution in [2.75, 3.05) is 49.6 Å². The van der Waals surface area contributed by atoms with Crippen LogP contribution in [0.3, 0.4) is 0 Å². The molecule has 0 radical (unpaired) electrons. The van der Waals surface area contributed by atoms with Gasteiger partial charge in [0.25, 0.3) is 5.56 Å². The molecule has 0 aliphatic carbocycles. The highest BCUT2D eigenvalue weighted by Gasteiger charge is 2.34. The highest BCUT2D eigenvalue weighted by Crippen LogP contribution is 2.32. The Morgan fingerprint density at radius 2 is 1.77 bits per heavy atom. The molecule has 0 saturated carbocycles. The summed E-state index contributed by atoms with van der Waals surface area (Å²) in [5.41, 5.74) is 1.55. The molecule has 10 nitrogen and oxygen atoms in total. The molecule has 2 fully saturated rings. The molecule has 2 aliphatic heterocycles. The maximum absolute atomic E-state index is 12.9. The summed E-state index contributed by atoms with van der Waals surface area (Å²) in [6.07, 6.45) is 2.75. The van der Waals surface area contributed by atoms with Crippen LogP contribution in [0.15, 0.2) is 53.5 Å². The number of hydrogen-bond donors (Lipinski definition) is 2. The van der Waals surface area contributed by atoms with Gasteiger partial charge >= 0.3 is 0 Å². The number of benzene rings is 1. The second-order valence-corrected chi connectivity index (χ2v) is 11.5. The SMILES string of the molecule is Cn1c(=O)c2cnc(Nc3ccc(N4CC5CC(CN(CCF)C5)C4)cc3)nc2n1-c1cccc(C(C)(C)O)n1. The number of anilines is 3. The number of halogens is 1. The molecular formula is C29H35FN8O2. The van der Waals surface area contributed by atoms with Crippen molar-refractivity contribution in [2.24, 2.45) is 18.9 Å². The number of alkyl halides is 1. The maximum atomic E-state index is 12.9. The standard InChI is InChI=1S/C29H35FN8O2/c1-29(2,40)24-5-4-6-25(33-24)38-26-23(27(39)35(38)3)14-31-28(34-26)32-21-7-9-22(10-8-21)37-17-19-13-20(18-37)16-36(15-19)12-11-30/h4-10,14,19-20,40H,11-13,15-18H2,1-3H3,(H,31,32,34). The quantitative estimate of drug-likeness (QED) is 0.364. The van der Waals surface area contributed by atoms with Crippen LogP contribution in [0.2, 0.25) is 0 Å². The zero-order chi connectivity index (χ0) is 28.0. The Morgan fingerprint density at radius 3 is 2.45 bits per heavy atom. The first-order valence-electron chi connectivity index (χ1n) is 13.7. The molecule has 2 N–H and O–H groups in total. The van der Waals surface area contributed by atoms with E-state index in [4.69, 9.17) is 0 Å². The minimum Gasteiger partial charge on any atom is -0.384 e. The summed E-state index contributed by atoms with van der Waals surface area (Å²) in [7, 11) is 1.65. The number of nitrogens with one attached hydrogen (secondary N) is 1. The Hall–Kier alpha value is -3.83. The van der Waals surface area contributed by atoms with Crippen molar-refractivity contribution in [3.05, 3.63) is 64.7 Å². The summed E-state index contributed by atoms with van der Waals surface area (Å²) < 4.78 is 15.9. The number of piperidine rings is 2. The van der Waals surface area contributed by atoms with Crippen LogP contribution in [0, 0.1) is 11.8 Å². The van der Waals surface area contributed by atoms with E-state index in [1.165, 1.54) is 23.0 Å². The van der Waals surface area contributed by atoms with E-state index in [0.29, 0.717) is 46.9 Å². The van der Waals surface area contributed by atoms with E-state index in [-0.39, 0.29) is 12.2 Å². The summed E-state index contributed by atoms with van der Waals surface area (Å²) in [4.78, 5) is 31.3. The van der Waals surface area contributed by atoms with Gasteiger partial charge in [-0.25, -0.2) is 23.7 Å². The van der Waals surface area contributed by atoms with Gasteiger partial charge in [-0.2, -0.15) is 4.98 Å². The fourth-order valence-corrected chi connectivity index (χ4v) is 6.08. The van der Waals surface area contributed by atoms with Crippen molar-refractivity contribution >= 4 is 28.4 Å². The van der Waals surface area contributed by atoms with Crippen LogP contribution < -0.4 is 15.8 Å². The monoisotopic (exact) mass is 546 g/mol. The third-order valence-electron chi connectivity index (χ3n) is 7.92. The van der Waals surface area contributed by atoms with E-state index in [9.17, 15) is 14.3 Å². The minimum atomic E-state index is -1.13. The first-order chi connectivity index (χ1) is 19.2. The molecule has 40 heavy (non-hydrogen) atoms. The molecule has 6 rings (SSSR count). The second-order valence-electron chi connectivity index (χ2n) is 11.5. The zero-order valence-electron chi connectivity index (χ0n) is 23.1. The van der Waals surface area contributed by atoms with Crippen LogP contribution in [0.4, 0.5) is 21.7 Å². The van der Waals surface area contributed by atoms with E-state index < -0.39 is 5.60 Å². The van der Waals surface area contributed by atoms with E-state index in [0.717, 1.165) is 31.9 Å². The number of fused-ring (bicyclic) bond motifs is 3. The highest BCUT2D eigenvalue weighted by molar-refractivity contribution is 5.77. The molecule has 1 aromatic carbocycles. The molecule has 2 aliphatic rings. The minimum absolute atomic E-state index is 0.236. The molecule has 210 valence electrons. The average Bonchev–Trinajstić information content (AvgIpc) is 3.17. The summed E-state index contributed by atoms with van der Waals surface area (Å²) in [5, 5.41) is 14.1. The van der Waals surface area contributed by atoms with Crippen molar-refractivity contribution < 1.29 is 9.50 Å². The average molecular weight is 547 g/mol. The van der Waals surface area contributed by atoms with E-state index in [2.05, 4.69) is 42.2 Å². The number of hydrogen-bond acceptors (Lipinski definition) is 8. The van der Waals surface area contributed by atoms with Gasteiger partial charge in [0, 0.05) is 57.3 Å². The van der Waals surface area contributed by atoms with E-state index in [1.807, 2.05) is 12.1 Å². The maximum Gasteiger partial charge on any atom is 0.277 e. The second kappa shape index (κ2) is 10.3. The van der Waals surface area contributed by atoms with Crippen molar-refractivity contribution in [3.8, 4) is 5.82 Å². The van der Waals surface area contributed by atoms with Gasteiger partial charge < -0.3 is 20.2 Å². The lowest BCUT2D eigenvalue weighted by Gasteiger charge is -2.46. The molecule has 2 unspecified atom stereocenters. The molecule has 2 atom stereocenters. The van der Waals surface area contributed by atoms with Gasteiger partial charge in [0.1, 0.15) is 17.7 Å². The van der Waals surface area contributed by atoms with Gasteiger partial charge in [0.2, 0.25) is 5.95 Å². The van der Waals surface area contributed by atoms with Crippen molar-refractivity contribution in [2.45, 2.75) is 25.9 Å². The van der Waals surface area contributed by atoms with Crippen molar-refractivity contribution in [1.82, 2.24) is 29.2 Å². The molecule has 0 spiro atoms. The lowest BCUT2D eigenvalue weighted by atomic mass is 9.84. The van der Waals surface area contributed by atoms with Crippen LogP contribution in [0.1, 0.15) is 26.0 Å². The third-order valence-corrected chi connectivity index (χ3v) is 7.92. The van der Waals surface area contributed by atoms with Crippen LogP contribution in [-0.2, 0) is 12.6 Å². The van der Waals surface area contributed by atoms with Gasteiger partial charge in [-0.1, -0.05) is 6.07 Å². The number of likely N-dealkylation sites (tertiary alicyclic amines) is 1. The lowest BCUT2D eigenvalue weighted by molar-refractivity contribution is 0.0738. The van der Waals surface area contributed by atoms with E-state index >= 15 is 0 Å². The van der Waals surface area contributed by atoms with E-state index in [1.54, 1.807) is 43.8 Å². The fourth-order valence-electron chi connectivity index (χ4n) is 6.08. The largest absolute Gasteiger partial charge is 0.384 e. The van der Waals surface area contributed by atoms with Gasteiger partial charge in [-0.3, -0.25) is 4.79 Å². The van der Waals surface area contributed by atoms with Crippen LogP contribution in [0.5, 0.6) is 0 Å². The van der Waals surface area contributed by atoms with Crippen molar-refractivity contribution in [3.63, 3.8) is 0 Å². The van der Waals surface area contributed by atoms with Crippen LogP contribution >= 0.6 is 0 Å². The summed E-state index contributed by atoms with van der Waals surface area (Å²) in [6, 6.07) is 13.5. The molecule has 0 amide bonds. The summed E-state index contributed by atoms with van der Waals surface area (Å²) in [5.74, 6) is 1.97. The number of aliphatic hydroxyl groups is 1.